The lowest BCUT2D eigenvalue weighted by Gasteiger charge is -2.06. The molecule has 0 unspecified atom stereocenters. The second-order valence-corrected chi connectivity index (χ2v) is 8.19. The van der Waals surface area contributed by atoms with Crippen molar-refractivity contribution in [1.82, 2.24) is 19.9 Å². The Bertz CT molecular complexity index is 1140. The molecule has 3 heterocycles. The molecule has 2 amide bonds. The van der Waals surface area contributed by atoms with Gasteiger partial charge in [-0.1, -0.05) is 15.9 Å². The Morgan fingerprint density at radius 1 is 1.33 bits per heavy atom. The lowest BCUT2D eigenvalue weighted by atomic mass is 10.0. The number of hydrogen-bond donors (Lipinski definition) is 3. The first-order valence-electron chi connectivity index (χ1n) is 9.70. The lowest BCUT2D eigenvalue weighted by Crippen LogP contribution is -2.26. The average Bonchev–Trinajstić information content (AvgIpc) is 3.39. The maximum atomic E-state index is 12.7. The van der Waals surface area contributed by atoms with Gasteiger partial charge in [0.1, 0.15) is 0 Å². The third kappa shape index (κ3) is 3.95. The monoisotopic (exact) mass is 467 g/mol. The number of halogens is 1. The molecule has 0 aliphatic carbocycles. The van der Waals surface area contributed by atoms with E-state index < -0.39 is 0 Å². The summed E-state index contributed by atoms with van der Waals surface area (Å²) in [6.07, 6.45) is 8.03. The van der Waals surface area contributed by atoms with E-state index in [4.69, 9.17) is 0 Å². The Morgan fingerprint density at radius 3 is 2.93 bits per heavy atom. The van der Waals surface area contributed by atoms with Crippen LogP contribution in [0, 0.1) is 13.8 Å². The zero-order valence-corrected chi connectivity index (χ0v) is 18.3. The van der Waals surface area contributed by atoms with Crippen LogP contribution in [0.3, 0.4) is 0 Å². The van der Waals surface area contributed by atoms with E-state index in [1.807, 2.05) is 48.9 Å². The smallest absolute Gasteiger partial charge is 0.256 e. The van der Waals surface area contributed by atoms with Crippen molar-refractivity contribution in [3.8, 4) is 0 Å². The van der Waals surface area contributed by atoms with Gasteiger partial charge in [0, 0.05) is 52.6 Å². The van der Waals surface area contributed by atoms with E-state index in [0.29, 0.717) is 17.7 Å². The number of H-pyrrole nitrogens is 1. The fourth-order valence-electron chi connectivity index (χ4n) is 3.68. The number of rotatable bonds is 6. The highest BCUT2D eigenvalue weighted by Crippen LogP contribution is 2.35. The van der Waals surface area contributed by atoms with E-state index >= 15 is 0 Å². The van der Waals surface area contributed by atoms with Crippen molar-refractivity contribution < 1.29 is 9.59 Å². The molecule has 7 nitrogen and oxygen atoms in total. The summed E-state index contributed by atoms with van der Waals surface area (Å²) in [6.45, 7) is 5.13. The molecule has 8 heteroatoms. The number of nitrogens with one attached hydrogen (secondary N) is 3. The maximum absolute atomic E-state index is 12.7. The molecule has 30 heavy (non-hydrogen) atoms. The van der Waals surface area contributed by atoms with Crippen LogP contribution in [0.4, 0.5) is 5.69 Å². The number of anilines is 1. The van der Waals surface area contributed by atoms with Crippen LogP contribution in [0.5, 0.6) is 0 Å². The van der Waals surface area contributed by atoms with E-state index in [1.165, 1.54) is 0 Å². The van der Waals surface area contributed by atoms with Gasteiger partial charge in [0.05, 0.1) is 17.5 Å². The number of carbonyl (C=O) groups excluding carboxylic acids is 2. The summed E-state index contributed by atoms with van der Waals surface area (Å²) < 4.78 is 2.88. The van der Waals surface area contributed by atoms with Crippen LogP contribution >= 0.6 is 15.9 Å². The molecule has 0 saturated carbocycles. The van der Waals surface area contributed by atoms with Crippen LogP contribution in [0.1, 0.15) is 39.3 Å². The number of imidazole rings is 1. The fourth-order valence-corrected chi connectivity index (χ4v) is 4.04. The molecule has 1 aliphatic rings. The highest BCUT2D eigenvalue weighted by Gasteiger charge is 2.25. The van der Waals surface area contributed by atoms with Crippen LogP contribution in [0.25, 0.3) is 11.6 Å². The van der Waals surface area contributed by atoms with Crippen molar-refractivity contribution in [2.75, 3.05) is 11.9 Å². The van der Waals surface area contributed by atoms with E-state index in [9.17, 15) is 9.59 Å². The SMILES string of the molecule is Cc1[nH]c(C=C2C(=O)Nc3ccc(Br)cc32)c(C)c1C(=O)NCCCn1ccnc1. The van der Waals surface area contributed by atoms with E-state index in [1.54, 1.807) is 12.5 Å². The number of aromatic amines is 1. The minimum Gasteiger partial charge on any atom is -0.358 e. The van der Waals surface area contributed by atoms with Crippen LogP contribution in [-0.4, -0.2) is 32.9 Å². The van der Waals surface area contributed by atoms with Crippen molar-refractivity contribution in [3.05, 3.63) is 69.5 Å². The Morgan fingerprint density at radius 2 is 2.17 bits per heavy atom. The number of nitrogens with zero attached hydrogens (tertiary/aromatic N) is 2. The summed E-state index contributed by atoms with van der Waals surface area (Å²) in [7, 11) is 0. The highest BCUT2D eigenvalue weighted by molar-refractivity contribution is 9.10. The molecule has 0 radical (unpaired) electrons. The third-order valence-corrected chi connectivity index (χ3v) is 5.69. The predicted octanol–water partition coefficient (Wildman–Crippen LogP) is 3.90. The number of hydrogen-bond acceptors (Lipinski definition) is 3. The third-order valence-electron chi connectivity index (χ3n) is 5.19. The van der Waals surface area contributed by atoms with Gasteiger partial charge < -0.3 is 20.2 Å². The lowest BCUT2D eigenvalue weighted by molar-refractivity contribution is -0.110. The first-order chi connectivity index (χ1) is 14.4. The summed E-state index contributed by atoms with van der Waals surface area (Å²) in [5, 5.41) is 5.86. The molecule has 2 aromatic heterocycles. The van der Waals surface area contributed by atoms with Gasteiger partial charge >= 0.3 is 0 Å². The summed E-state index contributed by atoms with van der Waals surface area (Å²) >= 11 is 3.46. The number of amides is 2. The van der Waals surface area contributed by atoms with Crippen LogP contribution in [-0.2, 0) is 11.3 Å². The normalized spacial score (nSPS) is 14.1. The van der Waals surface area contributed by atoms with Gasteiger partial charge in [-0.05, 0) is 50.1 Å². The Hall–Kier alpha value is -3.13. The second kappa shape index (κ2) is 8.31. The van der Waals surface area contributed by atoms with Crippen molar-refractivity contribution in [2.45, 2.75) is 26.8 Å². The zero-order chi connectivity index (χ0) is 21.3. The van der Waals surface area contributed by atoms with E-state index in [2.05, 4.69) is 36.5 Å². The van der Waals surface area contributed by atoms with Crippen molar-refractivity contribution in [3.63, 3.8) is 0 Å². The molecule has 1 aromatic carbocycles. The van der Waals surface area contributed by atoms with Gasteiger partial charge in [0.15, 0.2) is 0 Å². The van der Waals surface area contributed by atoms with Crippen LogP contribution < -0.4 is 10.6 Å². The van der Waals surface area contributed by atoms with Crippen LogP contribution in [0.15, 0.2) is 41.4 Å². The average molecular weight is 468 g/mol. The highest BCUT2D eigenvalue weighted by atomic mass is 79.9. The first-order valence-corrected chi connectivity index (χ1v) is 10.5. The molecule has 4 rings (SSSR count). The van der Waals surface area contributed by atoms with E-state index in [0.717, 1.165) is 45.6 Å². The van der Waals surface area contributed by atoms with Gasteiger partial charge in [0.2, 0.25) is 0 Å². The molecular weight excluding hydrogens is 446 g/mol. The minimum absolute atomic E-state index is 0.115. The number of aryl methyl sites for hydroxylation is 2. The topological polar surface area (TPSA) is 91.8 Å². The van der Waals surface area contributed by atoms with Gasteiger partial charge in [-0.2, -0.15) is 0 Å². The summed E-state index contributed by atoms with van der Waals surface area (Å²) in [4.78, 5) is 32.5. The van der Waals surface area contributed by atoms with Crippen molar-refractivity contribution in [1.29, 1.82) is 0 Å². The van der Waals surface area contributed by atoms with Gasteiger partial charge in [-0.15, -0.1) is 0 Å². The van der Waals surface area contributed by atoms with Crippen molar-refractivity contribution >= 4 is 45.1 Å². The molecule has 0 fully saturated rings. The van der Waals surface area contributed by atoms with Gasteiger partial charge in [-0.25, -0.2) is 4.98 Å². The molecule has 3 N–H and O–H groups in total. The standard InChI is InChI=1S/C22H22BrN5O2/c1-13-19(11-17-16-10-15(23)4-5-18(16)27-21(17)29)26-14(2)20(13)22(30)25-6-3-8-28-9-7-24-12-28/h4-5,7,9-12,26H,3,6,8H2,1-2H3,(H,25,30)(H,27,29). The van der Waals surface area contributed by atoms with Gasteiger partial charge in [-0.3, -0.25) is 9.59 Å². The number of aromatic nitrogens is 3. The van der Waals surface area contributed by atoms with Gasteiger partial charge in [0.25, 0.3) is 11.8 Å². The summed E-state index contributed by atoms with van der Waals surface area (Å²) in [5.74, 6) is -0.268. The molecule has 0 atom stereocenters. The number of carbonyl (C=O) groups is 2. The maximum Gasteiger partial charge on any atom is 0.256 e. The largest absolute Gasteiger partial charge is 0.358 e. The van der Waals surface area contributed by atoms with Crippen molar-refractivity contribution in [2.24, 2.45) is 0 Å². The Balaban J connectivity index is 1.51. The molecule has 154 valence electrons. The summed E-state index contributed by atoms with van der Waals surface area (Å²) in [6, 6.07) is 5.67. The quantitative estimate of drug-likeness (QED) is 0.379. The molecule has 0 saturated heterocycles. The minimum atomic E-state index is -0.153. The van der Waals surface area contributed by atoms with Crippen LogP contribution in [0.2, 0.25) is 0 Å². The fraction of sp³-hybridized carbons (Fsp3) is 0.227. The van der Waals surface area contributed by atoms with E-state index in [-0.39, 0.29) is 11.8 Å². The second-order valence-electron chi connectivity index (χ2n) is 7.28. The Kier molecular flexibility index (Phi) is 5.59. The molecule has 1 aliphatic heterocycles. The number of fused-ring (bicyclic) bond motifs is 1. The summed E-state index contributed by atoms with van der Waals surface area (Å²) in [5.41, 5.74) is 5.18. The number of benzene rings is 1. The first kappa shape index (κ1) is 20.2. The molecular formula is C22H22BrN5O2. The molecule has 0 bridgehead atoms. The molecule has 0 spiro atoms. The Labute approximate surface area is 182 Å². The zero-order valence-electron chi connectivity index (χ0n) is 16.8. The molecule has 3 aromatic rings. The predicted molar refractivity (Wildman–Crippen MR) is 120 cm³/mol.